The highest BCUT2D eigenvalue weighted by atomic mass is 16.5. The number of hydrogen-bond donors (Lipinski definition) is 1. The van der Waals surface area contributed by atoms with E-state index in [9.17, 15) is 5.11 Å². The van der Waals surface area contributed by atoms with Gasteiger partial charge in [-0.2, -0.15) is 0 Å². The van der Waals surface area contributed by atoms with Gasteiger partial charge in [0.2, 0.25) is 0 Å². The summed E-state index contributed by atoms with van der Waals surface area (Å²) in [6.07, 6.45) is 0.656. The predicted molar refractivity (Wildman–Crippen MR) is 79.1 cm³/mol. The molecule has 4 nitrogen and oxygen atoms in total. The Morgan fingerprint density at radius 3 is 2.80 bits per heavy atom. The molecule has 1 aromatic rings. The molecule has 112 valence electrons. The minimum atomic E-state index is -0.469. The van der Waals surface area contributed by atoms with Crippen LogP contribution in [0.25, 0.3) is 0 Å². The Balaban J connectivity index is 1.66. The van der Waals surface area contributed by atoms with Gasteiger partial charge in [-0.15, -0.1) is 0 Å². The standard InChI is InChI=1S/C16H25NO3/c1-13-3-5-16(6-4-13)20-12-15(18)10-17(2)9-14-7-8-19-11-14/h3-6,14-15,18H,7-12H2,1-2H3. The Morgan fingerprint density at radius 2 is 2.15 bits per heavy atom. The van der Waals surface area contributed by atoms with Gasteiger partial charge in [0.25, 0.3) is 0 Å². The molecule has 20 heavy (non-hydrogen) atoms. The number of benzene rings is 1. The number of hydrogen-bond acceptors (Lipinski definition) is 4. The lowest BCUT2D eigenvalue weighted by Gasteiger charge is -2.23. The summed E-state index contributed by atoms with van der Waals surface area (Å²) in [5, 5.41) is 10.0. The summed E-state index contributed by atoms with van der Waals surface area (Å²) >= 11 is 0. The van der Waals surface area contributed by atoms with Crippen LogP contribution in [0.4, 0.5) is 0 Å². The molecule has 2 atom stereocenters. The van der Waals surface area contributed by atoms with Gasteiger partial charge in [-0.1, -0.05) is 17.7 Å². The number of likely N-dealkylation sites (N-methyl/N-ethyl adjacent to an activating group) is 1. The third kappa shape index (κ3) is 5.12. The molecule has 2 rings (SSSR count). The van der Waals surface area contributed by atoms with Crippen molar-refractivity contribution in [1.82, 2.24) is 4.90 Å². The van der Waals surface area contributed by atoms with E-state index in [-0.39, 0.29) is 0 Å². The quantitative estimate of drug-likeness (QED) is 0.825. The molecule has 2 unspecified atom stereocenters. The molecular weight excluding hydrogens is 254 g/mol. The van der Waals surface area contributed by atoms with Gasteiger partial charge in [-0.05, 0) is 38.4 Å². The molecule has 0 aliphatic carbocycles. The fourth-order valence-electron chi connectivity index (χ4n) is 2.48. The molecule has 0 amide bonds. The summed E-state index contributed by atoms with van der Waals surface area (Å²) in [6.45, 7) is 5.69. The molecular formula is C16H25NO3. The maximum Gasteiger partial charge on any atom is 0.119 e. The Hall–Kier alpha value is -1.10. The Labute approximate surface area is 121 Å². The van der Waals surface area contributed by atoms with Crippen LogP contribution < -0.4 is 4.74 Å². The average Bonchev–Trinajstić information content (AvgIpc) is 2.90. The molecule has 0 saturated carbocycles. The summed E-state index contributed by atoms with van der Waals surface area (Å²) < 4.78 is 11.0. The molecule has 0 radical (unpaired) electrons. The second-order valence-electron chi connectivity index (χ2n) is 5.73. The van der Waals surface area contributed by atoms with Crippen LogP contribution >= 0.6 is 0 Å². The minimum absolute atomic E-state index is 0.328. The minimum Gasteiger partial charge on any atom is -0.491 e. The molecule has 4 heteroatoms. The second kappa shape index (κ2) is 7.62. The fourth-order valence-corrected chi connectivity index (χ4v) is 2.48. The zero-order chi connectivity index (χ0) is 14.4. The lowest BCUT2D eigenvalue weighted by Crippen LogP contribution is -2.36. The number of ether oxygens (including phenoxy) is 2. The van der Waals surface area contributed by atoms with Crippen molar-refractivity contribution in [3.63, 3.8) is 0 Å². The van der Waals surface area contributed by atoms with Gasteiger partial charge < -0.3 is 19.5 Å². The van der Waals surface area contributed by atoms with Crippen LogP contribution in [-0.4, -0.2) is 56.1 Å². The Morgan fingerprint density at radius 1 is 1.40 bits per heavy atom. The molecule has 0 bridgehead atoms. The van der Waals surface area contributed by atoms with Crippen LogP contribution in [0, 0.1) is 12.8 Å². The van der Waals surface area contributed by atoms with Crippen LogP contribution in [0.15, 0.2) is 24.3 Å². The summed E-state index contributed by atoms with van der Waals surface area (Å²) in [4.78, 5) is 2.16. The first-order valence-electron chi connectivity index (χ1n) is 7.27. The molecule has 0 aromatic heterocycles. The third-order valence-electron chi connectivity index (χ3n) is 3.58. The molecule has 1 aliphatic heterocycles. The van der Waals surface area contributed by atoms with Crippen LogP contribution in [0.2, 0.25) is 0 Å². The smallest absolute Gasteiger partial charge is 0.119 e. The second-order valence-corrected chi connectivity index (χ2v) is 5.73. The Kier molecular flexibility index (Phi) is 5.83. The first-order chi connectivity index (χ1) is 9.63. The zero-order valence-electron chi connectivity index (χ0n) is 12.4. The van der Waals surface area contributed by atoms with Crippen molar-refractivity contribution in [1.29, 1.82) is 0 Å². The highest BCUT2D eigenvalue weighted by Gasteiger charge is 2.18. The van der Waals surface area contributed by atoms with Gasteiger partial charge in [0.1, 0.15) is 18.5 Å². The van der Waals surface area contributed by atoms with E-state index >= 15 is 0 Å². The lowest BCUT2D eigenvalue weighted by molar-refractivity contribution is 0.0705. The highest BCUT2D eigenvalue weighted by Crippen LogP contribution is 2.14. The van der Waals surface area contributed by atoms with Gasteiger partial charge in [-0.3, -0.25) is 0 Å². The first kappa shape index (κ1) is 15.3. The van der Waals surface area contributed by atoms with Gasteiger partial charge in [0.15, 0.2) is 0 Å². The fraction of sp³-hybridized carbons (Fsp3) is 0.625. The Bertz CT molecular complexity index is 387. The van der Waals surface area contributed by atoms with Crippen molar-refractivity contribution in [3.05, 3.63) is 29.8 Å². The average molecular weight is 279 g/mol. The van der Waals surface area contributed by atoms with Crippen LogP contribution in [0.5, 0.6) is 5.75 Å². The first-order valence-corrected chi connectivity index (χ1v) is 7.27. The topological polar surface area (TPSA) is 41.9 Å². The molecule has 1 aliphatic rings. The van der Waals surface area contributed by atoms with Crippen LogP contribution in [0.3, 0.4) is 0 Å². The molecule has 1 N–H and O–H groups in total. The van der Waals surface area contributed by atoms with Crippen molar-refractivity contribution in [2.75, 3.05) is 40.0 Å². The highest BCUT2D eigenvalue weighted by molar-refractivity contribution is 5.26. The summed E-state index contributed by atoms with van der Waals surface area (Å²) in [5.41, 5.74) is 1.21. The third-order valence-corrected chi connectivity index (χ3v) is 3.58. The van der Waals surface area contributed by atoms with Crippen LogP contribution in [-0.2, 0) is 4.74 Å². The maximum absolute atomic E-state index is 10.0. The van der Waals surface area contributed by atoms with Gasteiger partial charge >= 0.3 is 0 Å². The van der Waals surface area contributed by atoms with Crippen molar-refractivity contribution >= 4 is 0 Å². The van der Waals surface area contributed by atoms with E-state index in [2.05, 4.69) is 4.90 Å². The van der Waals surface area contributed by atoms with Crippen molar-refractivity contribution in [2.24, 2.45) is 5.92 Å². The van der Waals surface area contributed by atoms with E-state index in [1.54, 1.807) is 0 Å². The van der Waals surface area contributed by atoms with Gasteiger partial charge in [0.05, 0.1) is 6.61 Å². The number of aliphatic hydroxyl groups excluding tert-OH is 1. The van der Waals surface area contributed by atoms with Crippen LogP contribution in [0.1, 0.15) is 12.0 Å². The molecule has 1 heterocycles. The maximum atomic E-state index is 10.0. The zero-order valence-corrected chi connectivity index (χ0v) is 12.4. The van der Waals surface area contributed by atoms with E-state index in [1.165, 1.54) is 5.56 Å². The van der Waals surface area contributed by atoms with E-state index in [1.807, 2.05) is 38.2 Å². The largest absolute Gasteiger partial charge is 0.491 e. The van der Waals surface area contributed by atoms with Crippen molar-refractivity contribution < 1.29 is 14.6 Å². The summed E-state index contributed by atoms with van der Waals surface area (Å²) in [7, 11) is 2.04. The van der Waals surface area contributed by atoms with Gasteiger partial charge in [0, 0.05) is 19.7 Å². The SMILES string of the molecule is Cc1ccc(OCC(O)CN(C)CC2CCOC2)cc1. The molecule has 1 saturated heterocycles. The molecule has 1 aromatic carbocycles. The van der Waals surface area contributed by atoms with E-state index in [4.69, 9.17) is 9.47 Å². The molecule has 1 fully saturated rings. The van der Waals surface area contributed by atoms with Crippen molar-refractivity contribution in [3.8, 4) is 5.75 Å². The number of rotatable bonds is 7. The number of nitrogens with zero attached hydrogens (tertiary/aromatic N) is 1. The monoisotopic (exact) mass is 279 g/mol. The van der Waals surface area contributed by atoms with Gasteiger partial charge in [-0.25, -0.2) is 0 Å². The lowest BCUT2D eigenvalue weighted by atomic mass is 10.1. The normalized spacial score (nSPS) is 20.3. The van der Waals surface area contributed by atoms with E-state index < -0.39 is 6.10 Å². The summed E-state index contributed by atoms with van der Waals surface area (Å²) in [6, 6.07) is 7.88. The van der Waals surface area contributed by atoms with Crippen molar-refractivity contribution in [2.45, 2.75) is 19.4 Å². The summed E-state index contributed by atoms with van der Waals surface area (Å²) in [5.74, 6) is 1.41. The van der Waals surface area contributed by atoms with E-state index in [0.29, 0.717) is 19.1 Å². The number of aliphatic hydroxyl groups is 1. The number of aryl methyl sites for hydroxylation is 1. The predicted octanol–water partition coefficient (Wildman–Crippen LogP) is 1.70. The molecule has 0 spiro atoms. The van der Waals surface area contributed by atoms with E-state index in [0.717, 1.165) is 31.9 Å².